The number of fused-ring (bicyclic) bond motifs is 2. The summed E-state index contributed by atoms with van der Waals surface area (Å²) in [7, 11) is 2.10. The molecular weight excluding hydrogens is 310 g/mol. The number of H-pyrrole nitrogens is 1. The summed E-state index contributed by atoms with van der Waals surface area (Å²) >= 11 is 0. The van der Waals surface area contributed by atoms with Crippen LogP contribution in [-0.2, 0) is 6.54 Å². The molecule has 3 aromatic rings. The molecule has 5 heteroatoms. The molecule has 0 radical (unpaired) electrons. The molecule has 1 aliphatic rings. The largest absolute Gasteiger partial charge is 0.383 e. The van der Waals surface area contributed by atoms with Gasteiger partial charge in [-0.2, -0.15) is 5.26 Å². The van der Waals surface area contributed by atoms with Crippen molar-refractivity contribution in [3.05, 3.63) is 46.8 Å². The van der Waals surface area contributed by atoms with E-state index >= 15 is 0 Å². The molecule has 0 amide bonds. The van der Waals surface area contributed by atoms with E-state index < -0.39 is 0 Å². The third-order valence-electron chi connectivity index (χ3n) is 5.06. The van der Waals surface area contributed by atoms with Crippen molar-refractivity contribution in [1.29, 1.82) is 5.26 Å². The van der Waals surface area contributed by atoms with Crippen LogP contribution in [0.5, 0.6) is 0 Å². The summed E-state index contributed by atoms with van der Waals surface area (Å²) < 4.78 is 0. The van der Waals surface area contributed by atoms with Gasteiger partial charge in [0, 0.05) is 47.2 Å². The molecule has 3 N–H and O–H groups in total. The van der Waals surface area contributed by atoms with Crippen LogP contribution in [-0.4, -0.2) is 28.5 Å². The lowest BCUT2D eigenvalue weighted by atomic mass is 9.87. The number of aromatic nitrogens is 2. The van der Waals surface area contributed by atoms with E-state index in [0.29, 0.717) is 11.4 Å². The summed E-state index contributed by atoms with van der Waals surface area (Å²) in [5, 5.41) is 10.9. The van der Waals surface area contributed by atoms with Crippen molar-refractivity contribution in [3.63, 3.8) is 0 Å². The highest BCUT2D eigenvalue weighted by Crippen LogP contribution is 2.40. The van der Waals surface area contributed by atoms with Gasteiger partial charge < -0.3 is 15.6 Å². The van der Waals surface area contributed by atoms with Crippen LogP contribution >= 0.6 is 0 Å². The van der Waals surface area contributed by atoms with Gasteiger partial charge in [-0.25, -0.2) is 4.98 Å². The lowest BCUT2D eigenvalue weighted by Gasteiger charge is -2.31. The van der Waals surface area contributed by atoms with E-state index in [1.165, 1.54) is 5.56 Å². The summed E-state index contributed by atoms with van der Waals surface area (Å²) in [6.07, 6.45) is 1.99. The van der Waals surface area contributed by atoms with E-state index in [2.05, 4.69) is 60.0 Å². The van der Waals surface area contributed by atoms with Crippen LogP contribution in [0.4, 0.5) is 5.82 Å². The van der Waals surface area contributed by atoms with Gasteiger partial charge in [0.2, 0.25) is 0 Å². The molecule has 0 saturated carbocycles. The molecule has 1 atom stereocenters. The molecule has 4 rings (SSSR count). The second-order valence-corrected chi connectivity index (χ2v) is 7.07. The summed E-state index contributed by atoms with van der Waals surface area (Å²) in [5.41, 5.74) is 13.0. The Labute approximate surface area is 147 Å². The van der Waals surface area contributed by atoms with Crippen molar-refractivity contribution in [2.24, 2.45) is 0 Å². The molecule has 1 unspecified atom stereocenters. The molecule has 126 valence electrons. The van der Waals surface area contributed by atoms with Crippen molar-refractivity contribution in [2.45, 2.75) is 26.3 Å². The zero-order chi connectivity index (χ0) is 17.7. The first-order valence-corrected chi connectivity index (χ1v) is 8.48. The van der Waals surface area contributed by atoms with Gasteiger partial charge in [-0.05, 0) is 31.2 Å². The van der Waals surface area contributed by atoms with Crippen LogP contribution in [0, 0.1) is 18.3 Å². The fourth-order valence-electron chi connectivity index (χ4n) is 3.97. The highest BCUT2D eigenvalue weighted by atomic mass is 15.1. The number of nitrogens with two attached hydrogens (primary N) is 1. The molecular formula is C20H21N5. The van der Waals surface area contributed by atoms with Crippen molar-refractivity contribution < 1.29 is 0 Å². The Balaban J connectivity index is 2.08. The zero-order valence-electron chi connectivity index (χ0n) is 14.7. The van der Waals surface area contributed by atoms with Crippen molar-refractivity contribution in [3.8, 4) is 17.2 Å². The minimum Gasteiger partial charge on any atom is -0.383 e. The number of nitrogen functional groups attached to an aromatic ring is 1. The SMILES string of the molecule is Cc1ccc2c(-c3c(C#N)c(N)nc4c3CN(C)CC4C)c[nH]c2c1. The van der Waals surface area contributed by atoms with Gasteiger partial charge >= 0.3 is 0 Å². The van der Waals surface area contributed by atoms with Gasteiger partial charge in [0.25, 0.3) is 0 Å². The summed E-state index contributed by atoms with van der Waals surface area (Å²) in [4.78, 5) is 10.2. The molecule has 0 spiro atoms. The Bertz CT molecular complexity index is 1020. The van der Waals surface area contributed by atoms with Gasteiger partial charge in [-0.1, -0.05) is 19.1 Å². The number of nitrogens with one attached hydrogen (secondary N) is 1. The van der Waals surface area contributed by atoms with Gasteiger partial charge in [-0.3, -0.25) is 0 Å². The average molecular weight is 331 g/mol. The number of rotatable bonds is 1. The first-order chi connectivity index (χ1) is 12.0. The van der Waals surface area contributed by atoms with Gasteiger partial charge in [0.1, 0.15) is 17.5 Å². The van der Waals surface area contributed by atoms with Crippen molar-refractivity contribution in [2.75, 3.05) is 19.3 Å². The molecule has 0 fully saturated rings. The summed E-state index contributed by atoms with van der Waals surface area (Å²) in [6, 6.07) is 8.61. The third-order valence-corrected chi connectivity index (χ3v) is 5.06. The first-order valence-electron chi connectivity index (χ1n) is 8.48. The van der Waals surface area contributed by atoms with Crippen LogP contribution in [0.15, 0.2) is 24.4 Å². The normalized spacial score (nSPS) is 17.4. The number of hydrogen-bond donors (Lipinski definition) is 2. The molecule has 2 aromatic heterocycles. The second-order valence-electron chi connectivity index (χ2n) is 7.07. The smallest absolute Gasteiger partial charge is 0.142 e. The van der Waals surface area contributed by atoms with E-state index in [9.17, 15) is 5.26 Å². The average Bonchev–Trinajstić information content (AvgIpc) is 2.97. The topological polar surface area (TPSA) is 81.7 Å². The number of anilines is 1. The number of nitrogens with zero attached hydrogens (tertiary/aromatic N) is 3. The Morgan fingerprint density at radius 3 is 2.96 bits per heavy atom. The van der Waals surface area contributed by atoms with Gasteiger partial charge in [0.05, 0.1) is 5.69 Å². The molecule has 3 heterocycles. The number of pyridine rings is 1. The fraction of sp³-hybridized carbons (Fsp3) is 0.300. The Morgan fingerprint density at radius 1 is 1.40 bits per heavy atom. The quantitative estimate of drug-likeness (QED) is 0.714. The molecule has 0 aliphatic carbocycles. The monoisotopic (exact) mass is 331 g/mol. The van der Waals surface area contributed by atoms with E-state index in [1.807, 2.05) is 6.20 Å². The van der Waals surface area contributed by atoms with Crippen LogP contribution < -0.4 is 5.73 Å². The van der Waals surface area contributed by atoms with Crippen molar-refractivity contribution >= 4 is 16.7 Å². The number of benzene rings is 1. The van der Waals surface area contributed by atoms with Crippen LogP contribution in [0.3, 0.4) is 0 Å². The highest BCUT2D eigenvalue weighted by Gasteiger charge is 2.28. The maximum Gasteiger partial charge on any atom is 0.142 e. The maximum absolute atomic E-state index is 9.75. The minimum atomic E-state index is 0.287. The van der Waals surface area contributed by atoms with E-state index in [-0.39, 0.29) is 5.92 Å². The number of hydrogen-bond acceptors (Lipinski definition) is 4. The molecule has 5 nitrogen and oxygen atoms in total. The van der Waals surface area contributed by atoms with Crippen LogP contribution in [0.1, 0.15) is 35.2 Å². The van der Waals surface area contributed by atoms with Gasteiger partial charge in [-0.15, -0.1) is 0 Å². The first kappa shape index (κ1) is 15.7. The predicted molar refractivity (Wildman–Crippen MR) is 100 cm³/mol. The second kappa shape index (κ2) is 5.61. The number of likely N-dealkylation sites (N-methyl/N-ethyl adjacent to an activating group) is 1. The number of nitriles is 1. The van der Waals surface area contributed by atoms with Crippen LogP contribution in [0.25, 0.3) is 22.0 Å². The molecule has 0 bridgehead atoms. The summed E-state index contributed by atoms with van der Waals surface area (Å²) in [6.45, 7) is 5.95. The van der Waals surface area contributed by atoms with Crippen LogP contribution in [0.2, 0.25) is 0 Å². The Kier molecular flexibility index (Phi) is 3.52. The summed E-state index contributed by atoms with van der Waals surface area (Å²) in [5.74, 6) is 0.615. The van der Waals surface area contributed by atoms with Crippen molar-refractivity contribution in [1.82, 2.24) is 14.9 Å². The number of aromatic amines is 1. The molecule has 0 saturated heterocycles. The molecule has 1 aliphatic heterocycles. The van der Waals surface area contributed by atoms with Gasteiger partial charge in [0.15, 0.2) is 0 Å². The Hall–Kier alpha value is -2.84. The van der Waals surface area contributed by atoms with E-state index in [4.69, 9.17) is 5.73 Å². The standard InChI is InChI=1S/C20H21N5/c1-11-4-5-13-15(8-23-17(13)6-11)18-14(7-21)20(22)24-19-12(2)9-25(3)10-16(18)19/h4-6,8,12,23H,9-10H2,1-3H3,(H2,22,24). The molecule has 25 heavy (non-hydrogen) atoms. The third kappa shape index (κ3) is 2.38. The zero-order valence-corrected chi connectivity index (χ0v) is 14.7. The minimum absolute atomic E-state index is 0.287. The van der Waals surface area contributed by atoms with E-state index in [1.54, 1.807) is 0 Å². The maximum atomic E-state index is 9.75. The fourth-order valence-corrected chi connectivity index (χ4v) is 3.97. The number of aryl methyl sites for hydroxylation is 1. The highest BCUT2D eigenvalue weighted by molar-refractivity contribution is 5.99. The molecule has 1 aromatic carbocycles. The van der Waals surface area contributed by atoms with E-state index in [0.717, 1.165) is 46.4 Å². The predicted octanol–water partition coefficient (Wildman–Crippen LogP) is 3.54. The lowest BCUT2D eigenvalue weighted by Crippen LogP contribution is -2.31. The Morgan fingerprint density at radius 2 is 2.20 bits per heavy atom. The lowest BCUT2D eigenvalue weighted by molar-refractivity contribution is 0.285.